The quantitative estimate of drug-likeness (QED) is 0.580. The van der Waals surface area contributed by atoms with Gasteiger partial charge in [0, 0.05) is 19.0 Å². The molecule has 0 aliphatic carbocycles. The van der Waals surface area contributed by atoms with Gasteiger partial charge in [-0.2, -0.15) is 0 Å². The number of imidazole rings is 1. The predicted molar refractivity (Wildman–Crippen MR) is 119 cm³/mol. The van der Waals surface area contributed by atoms with E-state index in [1.807, 2.05) is 50.6 Å². The predicted octanol–water partition coefficient (Wildman–Crippen LogP) is 3.30. The summed E-state index contributed by atoms with van der Waals surface area (Å²) in [4.78, 5) is 5.08. The molecule has 7 nitrogen and oxygen atoms in total. The Morgan fingerprint density at radius 2 is 2.03 bits per heavy atom. The highest BCUT2D eigenvalue weighted by Gasteiger charge is 2.16. The van der Waals surface area contributed by atoms with Crippen molar-refractivity contribution in [3.63, 3.8) is 0 Å². The van der Waals surface area contributed by atoms with Gasteiger partial charge in [0.2, 0.25) is 10.0 Å². The van der Waals surface area contributed by atoms with Crippen LogP contribution in [-0.2, 0) is 23.5 Å². The molecule has 1 heterocycles. The Balaban J connectivity index is 1.92. The van der Waals surface area contributed by atoms with Crippen LogP contribution in [-0.4, -0.2) is 29.1 Å². The highest BCUT2D eigenvalue weighted by atomic mass is 32.2. The number of aryl methyl sites for hydroxylation is 2. The summed E-state index contributed by atoms with van der Waals surface area (Å²) < 4.78 is 31.3. The van der Waals surface area contributed by atoms with E-state index in [1.54, 1.807) is 6.07 Å². The number of rotatable bonds is 6. The minimum Gasteiger partial charge on any atom is -0.491 e. The van der Waals surface area contributed by atoms with Gasteiger partial charge in [-0.1, -0.05) is 18.3 Å². The maximum absolute atomic E-state index is 11.8. The van der Waals surface area contributed by atoms with Crippen molar-refractivity contribution < 1.29 is 13.2 Å². The number of nitrogens with one attached hydrogen (secondary N) is 1. The summed E-state index contributed by atoms with van der Waals surface area (Å²) in [7, 11) is -1.88. The lowest BCUT2D eigenvalue weighted by molar-refractivity contribution is 0.240. The van der Waals surface area contributed by atoms with Crippen LogP contribution < -0.4 is 15.2 Å². The molecule has 0 radical (unpaired) electrons. The number of primary sulfonamides is 1. The summed E-state index contributed by atoms with van der Waals surface area (Å²) in [5.74, 6) is 1.47. The molecule has 0 saturated carbocycles. The number of sulfonamides is 1. The molecule has 0 amide bonds. The van der Waals surface area contributed by atoms with Gasteiger partial charge in [0.1, 0.15) is 11.6 Å². The number of aromatic nitrogens is 2. The van der Waals surface area contributed by atoms with Gasteiger partial charge in [-0.3, -0.25) is 0 Å². The van der Waals surface area contributed by atoms with Crippen LogP contribution in [0.3, 0.4) is 0 Å². The first-order valence-electron chi connectivity index (χ1n) is 9.10. The fourth-order valence-corrected chi connectivity index (χ4v) is 3.92. The smallest absolute Gasteiger partial charge is 0.238 e. The van der Waals surface area contributed by atoms with Crippen molar-refractivity contribution in [3.8, 4) is 5.75 Å². The minimum atomic E-state index is -3.83. The first kappa shape index (κ1) is 21.2. The molecule has 9 heteroatoms. The van der Waals surface area contributed by atoms with Gasteiger partial charge in [-0.05, 0) is 51.1 Å². The Hall–Kier alpha value is -2.49. The molecule has 154 valence electrons. The second-order valence-corrected chi connectivity index (χ2v) is 9.15. The van der Waals surface area contributed by atoms with E-state index in [2.05, 4.69) is 10.3 Å². The molecule has 0 spiro atoms. The highest BCUT2D eigenvalue weighted by Crippen LogP contribution is 2.27. The number of nitrogens with zero attached hydrogens (tertiary/aromatic N) is 2. The largest absolute Gasteiger partial charge is 0.491 e. The van der Waals surface area contributed by atoms with Crippen LogP contribution >= 0.6 is 12.2 Å². The molecule has 0 bridgehead atoms. The number of para-hydroxylation sites is 1. The van der Waals surface area contributed by atoms with Gasteiger partial charge in [-0.25, -0.2) is 18.5 Å². The van der Waals surface area contributed by atoms with Gasteiger partial charge in [0.15, 0.2) is 0 Å². The molecule has 2 aromatic carbocycles. The van der Waals surface area contributed by atoms with Crippen molar-refractivity contribution in [1.29, 1.82) is 0 Å². The standard InChI is InChI=1S/C20H24N4O3S2/c1-12(2)27-18-9-8-15(29(21,25)26)10-14(18)11-19(28)23-17-7-5-6-16-20(17)24(4)13(3)22-16/h5-10,12H,11H2,1-4H3,(H,23,28)(H2,21,25,26). The number of nitrogens with two attached hydrogens (primary N) is 1. The Kier molecular flexibility index (Phi) is 5.92. The van der Waals surface area contributed by atoms with Crippen LogP contribution in [0.15, 0.2) is 41.3 Å². The van der Waals surface area contributed by atoms with Crippen LogP contribution in [0.4, 0.5) is 5.69 Å². The number of hydrogen-bond donors (Lipinski definition) is 2. The number of anilines is 1. The molecule has 0 saturated heterocycles. The number of fused-ring (bicyclic) bond motifs is 1. The van der Waals surface area contributed by atoms with E-state index in [0.717, 1.165) is 22.5 Å². The second-order valence-electron chi connectivity index (χ2n) is 7.10. The molecule has 0 fully saturated rings. The summed E-state index contributed by atoms with van der Waals surface area (Å²) in [6.07, 6.45) is 0.232. The molecular formula is C20H24N4O3S2. The second kappa shape index (κ2) is 8.10. The van der Waals surface area contributed by atoms with E-state index in [-0.39, 0.29) is 11.0 Å². The number of ether oxygens (including phenoxy) is 1. The van der Waals surface area contributed by atoms with E-state index in [0.29, 0.717) is 22.7 Å². The van der Waals surface area contributed by atoms with Crippen LogP contribution in [0.25, 0.3) is 11.0 Å². The molecule has 29 heavy (non-hydrogen) atoms. The Morgan fingerprint density at radius 1 is 1.31 bits per heavy atom. The summed E-state index contributed by atoms with van der Waals surface area (Å²) in [5, 5.41) is 8.55. The molecule has 0 aliphatic heterocycles. The highest BCUT2D eigenvalue weighted by molar-refractivity contribution is 7.89. The fraction of sp³-hybridized carbons (Fsp3) is 0.300. The molecule has 0 aliphatic rings. The van der Waals surface area contributed by atoms with Crippen LogP contribution in [0, 0.1) is 6.92 Å². The third-order valence-electron chi connectivity index (χ3n) is 4.47. The normalized spacial score (nSPS) is 11.8. The Bertz CT molecular complexity index is 1180. The Morgan fingerprint density at radius 3 is 2.69 bits per heavy atom. The van der Waals surface area contributed by atoms with E-state index in [1.165, 1.54) is 12.1 Å². The van der Waals surface area contributed by atoms with Gasteiger partial charge >= 0.3 is 0 Å². The van der Waals surface area contributed by atoms with Crippen molar-refractivity contribution in [1.82, 2.24) is 9.55 Å². The number of thiocarbonyl (C=S) groups is 1. The van der Waals surface area contributed by atoms with Crippen LogP contribution in [0.5, 0.6) is 5.75 Å². The molecule has 3 rings (SSSR count). The minimum absolute atomic E-state index is 0.0239. The Labute approximate surface area is 175 Å². The van der Waals surface area contributed by atoms with E-state index >= 15 is 0 Å². The summed E-state index contributed by atoms with van der Waals surface area (Å²) in [6, 6.07) is 10.3. The van der Waals surface area contributed by atoms with Gasteiger partial charge < -0.3 is 14.6 Å². The fourth-order valence-electron chi connectivity index (χ4n) is 3.09. The van der Waals surface area contributed by atoms with E-state index < -0.39 is 10.0 Å². The topological polar surface area (TPSA) is 99.2 Å². The van der Waals surface area contributed by atoms with Crippen molar-refractivity contribution >= 4 is 44.0 Å². The first-order valence-corrected chi connectivity index (χ1v) is 11.1. The molecule has 0 unspecified atom stereocenters. The first-order chi connectivity index (χ1) is 13.6. The lowest BCUT2D eigenvalue weighted by Crippen LogP contribution is -2.17. The van der Waals surface area contributed by atoms with E-state index in [4.69, 9.17) is 22.1 Å². The average Bonchev–Trinajstić information content (AvgIpc) is 2.90. The third kappa shape index (κ3) is 4.75. The third-order valence-corrected chi connectivity index (χ3v) is 5.62. The average molecular weight is 433 g/mol. The maximum atomic E-state index is 11.8. The molecule has 1 aromatic heterocycles. The zero-order chi connectivity index (χ0) is 21.3. The SMILES string of the molecule is Cc1nc2cccc(NC(=S)Cc3cc(S(N)(=O)=O)ccc3OC(C)C)c2n1C. The summed E-state index contributed by atoms with van der Waals surface area (Å²) in [6.45, 7) is 5.75. The van der Waals surface area contributed by atoms with Crippen molar-refractivity contribution in [2.45, 2.75) is 38.2 Å². The number of benzene rings is 2. The van der Waals surface area contributed by atoms with Gasteiger partial charge in [-0.15, -0.1) is 0 Å². The van der Waals surface area contributed by atoms with Crippen molar-refractivity contribution in [2.75, 3.05) is 5.32 Å². The lowest BCUT2D eigenvalue weighted by atomic mass is 10.1. The lowest BCUT2D eigenvalue weighted by Gasteiger charge is -2.16. The monoisotopic (exact) mass is 432 g/mol. The zero-order valence-electron chi connectivity index (χ0n) is 16.8. The summed E-state index contributed by atoms with van der Waals surface area (Å²) in [5.41, 5.74) is 3.31. The molecule has 3 N–H and O–H groups in total. The molecule has 3 aromatic rings. The van der Waals surface area contributed by atoms with Crippen LogP contribution in [0.1, 0.15) is 25.2 Å². The van der Waals surface area contributed by atoms with Gasteiger partial charge in [0.25, 0.3) is 0 Å². The maximum Gasteiger partial charge on any atom is 0.238 e. The van der Waals surface area contributed by atoms with Crippen molar-refractivity contribution in [3.05, 3.63) is 47.8 Å². The summed E-state index contributed by atoms with van der Waals surface area (Å²) >= 11 is 5.56. The van der Waals surface area contributed by atoms with E-state index in [9.17, 15) is 8.42 Å². The van der Waals surface area contributed by atoms with Gasteiger partial charge in [0.05, 0.1) is 32.7 Å². The molecular weight excluding hydrogens is 408 g/mol. The van der Waals surface area contributed by atoms with Crippen LogP contribution in [0.2, 0.25) is 0 Å². The zero-order valence-corrected chi connectivity index (χ0v) is 18.4. The number of hydrogen-bond acceptors (Lipinski definition) is 5. The van der Waals surface area contributed by atoms with Crippen molar-refractivity contribution in [2.24, 2.45) is 12.2 Å². The molecule has 0 atom stereocenters.